The van der Waals surface area contributed by atoms with Crippen LogP contribution in [0.15, 0.2) is 72.2 Å². The van der Waals surface area contributed by atoms with Gasteiger partial charge in [0.2, 0.25) is 17.7 Å². The van der Waals surface area contributed by atoms with Crippen molar-refractivity contribution >= 4 is 75.3 Å². The first-order valence-electron chi connectivity index (χ1n) is 22.2. The van der Waals surface area contributed by atoms with Gasteiger partial charge in [0.1, 0.15) is 36.0 Å². The van der Waals surface area contributed by atoms with E-state index in [1.165, 1.54) is 9.80 Å². The first-order chi connectivity index (χ1) is 31.9. The van der Waals surface area contributed by atoms with Crippen molar-refractivity contribution in [2.75, 3.05) is 49.4 Å². The highest BCUT2D eigenvalue weighted by Crippen LogP contribution is 2.38. The van der Waals surface area contributed by atoms with Gasteiger partial charge in [0.15, 0.2) is 5.11 Å². The van der Waals surface area contributed by atoms with Crippen LogP contribution in [0.4, 0.5) is 11.4 Å². The van der Waals surface area contributed by atoms with E-state index in [0.29, 0.717) is 48.4 Å². The van der Waals surface area contributed by atoms with Crippen molar-refractivity contribution in [3.05, 3.63) is 94.1 Å². The highest BCUT2D eigenvalue weighted by atomic mass is 35.5. The largest absolute Gasteiger partial charge is 0.494 e. The molecule has 2 saturated heterocycles. The number of benzene rings is 3. The molecule has 2 fully saturated rings. The third kappa shape index (κ3) is 12.5. The maximum absolute atomic E-state index is 13.9. The SMILES string of the molecule is Cc1ncsc1-c1ccc(CNC(=O)[C@@H]2C[C@@H](O)CN2C(=O)C(NC(=O)COCCCOCCCCOc2ccc(N3C(=S)N(c4ccc(C#N)c(Cl)c4)C(=O)C3(C)C)cc2)C(C)(C)C)cc1. The normalized spacial score (nSPS) is 17.4. The number of rotatable bonds is 20. The molecule has 356 valence electrons. The summed E-state index contributed by atoms with van der Waals surface area (Å²) in [6.07, 6.45) is 1.33. The monoisotopic (exact) mass is 971 g/mol. The molecule has 0 radical (unpaired) electrons. The molecule has 4 amide bonds. The van der Waals surface area contributed by atoms with E-state index in [2.05, 4.69) is 15.6 Å². The first kappa shape index (κ1) is 50.9. The number of carbonyl (C=O) groups is 4. The lowest BCUT2D eigenvalue weighted by Crippen LogP contribution is -2.58. The molecule has 15 nitrogen and oxygen atoms in total. The Morgan fingerprint density at radius 3 is 2.33 bits per heavy atom. The van der Waals surface area contributed by atoms with Crippen molar-refractivity contribution in [1.29, 1.82) is 5.26 Å². The van der Waals surface area contributed by atoms with Gasteiger partial charge in [-0.15, -0.1) is 11.3 Å². The summed E-state index contributed by atoms with van der Waals surface area (Å²) < 4.78 is 17.3. The van der Waals surface area contributed by atoms with E-state index in [9.17, 15) is 29.5 Å². The number of thiazole rings is 1. The number of nitrogens with zero attached hydrogens (tertiary/aromatic N) is 5. The van der Waals surface area contributed by atoms with Gasteiger partial charge < -0.3 is 39.8 Å². The number of nitriles is 1. The molecular formula is C49H58ClN7O8S2. The molecule has 4 aromatic rings. The number of amides is 4. The Labute approximate surface area is 406 Å². The number of aromatic nitrogens is 1. The number of aliphatic hydroxyl groups is 1. The Kier molecular flexibility index (Phi) is 17.1. The van der Waals surface area contributed by atoms with Gasteiger partial charge in [-0.3, -0.25) is 24.1 Å². The van der Waals surface area contributed by atoms with E-state index in [0.717, 1.165) is 40.2 Å². The highest BCUT2D eigenvalue weighted by molar-refractivity contribution is 7.81. The number of thiocarbonyl (C=S) groups is 1. The van der Waals surface area contributed by atoms with E-state index in [-0.39, 0.29) is 49.6 Å². The number of likely N-dealkylation sites (tertiary alicyclic amines) is 1. The molecule has 0 spiro atoms. The second-order valence-electron chi connectivity index (χ2n) is 18.1. The van der Waals surface area contributed by atoms with Gasteiger partial charge in [0.05, 0.1) is 45.1 Å². The number of hydrogen-bond donors (Lipinski definition) is 3. The van der Waals surface area contributed by atoms with Gasteiger partial charge in [-0.05, 0) is 111 Å². The zero-order valence-electron chi connectivity index (χ0n) is 38.7. The Hall–Kier alpha value is -5.48. The Morgan fingerprint density at radius 2 is 1.67 bits per heavy atom. The van der Waals surface area contributed by atoms with Crippen molar-refractivity contribution in [2.24, 2.45) is 5.41 Å². The molecule has 0 bridgehead atoms. The number of β-amino-alcohol motifs (C(OH)–C–C–N with tert-alkyl or cyclic N) is 1. The summed E-state index contributed by atoms with van der Waals surface area (Å²) in [4.78, 5) is 63.9. The van der Waals surface area contributed by atoms with Gasteiger partial charge in [-0.1, -0.05) is 56.6 Å². The fourth-order valence-corrected chi connectivity index (χ4v) is 9.44. The minimum atomic E-state index is -0.968. The maximum Gasteiger partial charge on any atom is 0.259 e. The molecule has 2 aliphatic heterocycles. The van der Waals surface area contributed by atoms with Crippen LogP contribution in [0.1, 0.15) is 77.1 Å². The summed E-state index contributed by atoms with van der Waals surface area (Å²) in [5.74, 6) is -0.813. The molecule has 1 aromatic heterocycles. The number of unbranched alkanes of at least 4 members (excludes halogenated alkanes) is 1. The van der Waals surface area contributed by atoms with Gasteiger partial charge in [-0.2, -0.15) is 5.26 Å². The summed E-state index contributed by atoms with van der Waals surface area (Å²) in [6, 6.07) is 20.2. The van der Waals surface area contributed by atoms with Gasteiger partial charge in [0.25, 0.3) is 5.91 Å². The zero-order valence-corrected chi connectivity index (χ0v) is 41.1. The Bertz CT molecular complexity index is 2450. The van der Waals surface area contributed by atoms with Gasteiger partial charge >= 0.3 is 0 Å². The topological polar surface area (TPSA) is 187 Å². The van der Waals surface area contributed by atoms with Crippen LogP contribution in [0.5, 0.6) is 5.75 Å². The second-order valence-corrected chi connectivity index (χ2v) is 19.7. The van der Waals surface area contributed by atoms with Crippen LogP contribution in [0.3, 0.4) is 0 Å². The molecule has 3 aromatic carbocycles. The third-order valence-electron chi connectivity index (χ3n) is 11.6. The predicted molar refractivity (Wildman–Crippen MR) is 262 cm³/mol. The van der Waals surface area contributed by atoms with Crippen LogP contribution < -0.4 is 25.2 Å². The lowest BCUT2D eigenvalue weighted by atomic mass is 9.85. The second kappa shape index (κ2) is 22.5. The fraction of sp³-hybridized carbons (Fsp3) is 0.449. The van der Waals surface area contributed by atoms with Crippen molar-refractivity contribution in [3.63, 3.8) is 0 Å². The van der Waals surface area contributed by atoms with Crippen molar-refractivity contribution in [2.45, 2.75) is 97.5 Å². The van der Waals surface area contributed by atoms with Crippen LogP contribution in [-0.2, 0) is 35.2 Å². The molecule has 3 atom stereocenters. The standard InChI is InChI=1S/C49H58ClN7O8S2/c1-31-42(67-30-53-31)33-12-10-32(11-13-33)27-52-44(60)40-25-37(58)28-55(40)45(61)43(48(2,3)4)54-41(59)29-64-22-9-21-63-20-7-8-23-65-38-18-16-35(17-19-38)57-47(66)56(46(62)49(57,5)6)36-15-14-34(26-51)39(50)24-36/h10-19,24,30,37,40,43,58H,7-9,20-23,25,27-29H2,1-6H3,(H,52,60)(H,54,59)/t37-,40+,43?/m1/s1. The number of anilines is 2. The van der Waals surface area contributed by atoms with Crippen LogP contribution in [0.2, 0.25) is 5.02 Å². The Morgan fingerprint density at radius 1 is 1.00 bits per heavy atom. The van der Waals surface area contributed by atoms with E-state index >= 15 is 0 Å². The van der Waals surface area contributed by atoms with Crippen LogP contribution in [0, 0.1) is 23.7 Å². The summed E-state index contributed by atoms with van der Waals surface area (Å²) in [7, 11) is 0. The van der Waals surface area contributed by atoms with Crippen LogP contribution in [0.25, 0.3) is 10.4 Å². The van der Waals surface area contributed by atoms with Crippen molar-refractivity contribution in [1.82, 2.24) is 20.5 Å². The minimum Gasteiger partial charge on any atom is -0.494 e. The van der Waals surface area contributed by atoms with Crippen LogP contribution >= 0.6 is 35.2 Å². The van der Waals surface area contributed by atoms with E-state index in [1.807, 2.05) is 87.8 Å². The van der Waals surface area contributed by atoms with Crippen molar-refractivity contribution in [3.8, 4) is 22.3 Å². The Balaban J connectivity index is 0.856. The van der Waals surface area contributed by atoms with Gasteiger partial charge in [-0.25, -0.2) is 4.98 Å². The number of ether oxygens (including phenoxy) is 3. The van der Waals surface area contributed by atoms with Gasteiger partial charge in [0, 0.05) is 45.0 Å². The van der Waals surface area contributed by atoms with E-state index < -0.39 is 41.0 Å². The number of aliphatic hydroxyl groups excluding tert-OH is 1. The molecule has 3 N–H and O–H groups in total. The minimum absolute atomic E-state index is 0.0153. The molecule has 2 aliphatic rings. The fourth-order valence-electron chi connectivity index (χ4n) is 7.89. The molecule has 18 heteroatoms. The third-order valence-corrected chi connectivity index (χ3v) is 13.2. The quantitative estimate of drug-likeness (QED) is 0.0612. The molecule has 0 saturated carbocycles. The lowest BCUT2D eigenvalue weighted by Gasteiger charge is -2.35. The average molecular weight is 973 g/mol. The zero-order chi connectivity index (χ0) is 48.5. The molecule has 6 rings (SSSR count). The number of aryl methyl sites for hydroxylation is 1. The molecular weight excluding hydrogens is 914 g/mol. The summed E-state index contributed by atoms with van der Waals surface area (Å²) in [5.41, 5.74) is 4.58. The van der Waals surface area contributed by atoms with E-state index in [4.69, 9.17) is 38.0 Å². The highest BCUT2D eigenvalue weighted by Gasteiger charge is 2.50. The molecule has 0 aliphatic carbocycles. The first-order valence-corrected chi connectivity index (χ1v) is 23.9. The number of halogens is 1. The molecule has 67 heavy (non-hydrogen) atoms. The summed E-state index contributed by atoms with van der Waals surface area (Å²) in [6.45, 7) is 12.8. The number of hydrogen-bond acceptors (Lipinski definition) is 12. The smallest absolute Gasteiger partial charge is 0.259 e. The lowest BCUT2D eigenvalue weighted by molar-refractivity contribution is -0.144. The maximum atomic E-state index is 13.9. The van der Waals surface area contributed by atoms with Crippen LogP contribution in [-0.4, -0.2) is 107 Å². The van der Waals surface area contributed by atoms with E-state index in [1.54, 1.807) is 48.3 Å². The van der Waals surface area contributed by atoms with Crippen molar-refractivity contribution < 1.29 is 38.5 Å². The number of carbonyl (C=O) groups excluding carboxylic acids is 4. The average Bonchev–Trinajstić information content (AvgIpc) is 3.96. The summed E-state index contributed by atoms with van der Waals surface area (Å²) in [5, 5.41) is 26.1. The summed E-state index contributed by atoms with van der Waals surface area (Å²) >= 11 is 13.6. The molecule has 1 unspecified atom stereocenters. The molecule has 3 heterocycles. The number of nitrogens with one attached hydrogen (secondary N) is 2. The predicted octanol–water partition coefficient (Wildman–Crippen LogP) is 6.95.